The summed E-state index contributed by atoms with van der Waals surface area (Å²) in [6.07, 6.45) is -2.02. The molecular formula is C20H23F3N4O3. The van der Waals surface area contributed by atoms with Crippen molar-refractivity contribution in [1.29, 1.82) is 0 Å². The molecule has 1 atom stereocenters. The molecule has 30 heavy (non-hydrogen) atoms. The number of aromatic nitrogens is 1. The van der Waals surface area contributed by atoms with Crippen molar-refractivity contribution in [3.05, 3.63) is 48.3 Å². The van der Waals surface area contributed by atoms with Gasteiger partial charge < -0.3 is 14.4 Å². The first-order valence-corrected chi connectivity index (χ1v) is 9.46. The van der Waals surface area contributed by atoms with Crippen LogP contribution >= 0.6 is 0 Å². The van der Waals surface area contributed by atoms with Gasteiger partial charge in [-0.2, -0.15) is 0 Å². The van der Waals surface area contributed by atoms with Gasteiger partial charge in [-0.3, -0.25) is 15.2 Å². The number of anilines is 2. The van der Waals surface area contributed by atoms with Crippen LogP contribution in [0.25, 0.3) is 0 Å². The minimum atomic E-state index is -4.71. The van der Waals surface area contributed by atoms with Crippen molar-refractivity contribution in [2.24, 2.45) is 0 Å². The van der Waals surface area contributed by atoms with Crippen molar-refractivity contribution >= 4 is 17.5 Å². The van der Waals surface area contributed by atoms with E-state index in [1.807, 2.05) is 6.07 Å². The molecule has 1 N–H and O–H groups in total. The third-order valence-corrected chi connectivity index (χ3v) is 4.69. The Morgan fingerprint density at radius 3 is 2.67 bits per heavy atom. The molecule has 1 aliphatic rings. The van der Waals surface area contributed by atoms with Crippen molar-refractivity contribution in [2.75, 3.05) is 30.0 Å². The smallest absolute Gasteiger partial charge is 0.450 e. The van der Waals surface area contributed by atoms with Gasteiger partial charge in [0, 0.05) is 31.0 Å². The van der Waals surface area contributed by atoms with E-state index in [1.54, 1.807) is 31.5 Å². The summed E-state index contributed by atoms with van der Waals surface area (Å²) in [6, 6.07) is 7.86. The highest BCUT2D eigenvalue weighted by Crippen LogP contribution is 2.28. The van der Waals surface area contributed by atoms with Gasteiger partial charge in [0.25, 0.3) is 0 Å². The lowest BCUT2D eigenvalue weighted by Crippen LogP contribution is -2.29. The predicted molar refractivity (Wildman–Crippen MR) is 105 cm³/mol. The summed E-state index contributed by atoms with van der Waals surface area (Å²) in [7, 11) is 0. The number of nitrogens with one attached hydrogen (secondary N) is 1. The minimum absolute atomic E-state index is 0.194. The first-order valence-electron chi connectivity index (χ1n) is 9.46. The molecule has 7 nitrogen and oxygen atoms in total. The number of ether oxygens (including phenoxy) is 2. The number of benzene rings is 1. The van der Waals surface area contributed by atoms with Crippen LogP contribution in [-0.4, -0.2) is 48.2 Å². The van der Waals surface area contributed by atoms with Gasteiger partial charge in [-0.15, -0.1) is 13.2 Å². The van der Waals surface area contributed by atoms with Crippen LogP contribution in [0, 0.1) is 0 Å². The number of hydrogen-bond acceptors (Lipinski definition) is 6. The molecule has 1 unspecified atom stereocenters. The van der Waals surface area contributed by atoms with Crippen LogP contribution in [0.3, 0.4) is 0 Å². The zero-order chi connectivity index (χ0) is 21.7. The molecule has 0 saturated carbocycles. The average molecular weight is 424 g/mol. The van der Waals surface area contributed by atoms with Crippen molar-refractivity contribution in [1.82, 2.24) is 9.88 Å². The number of rotatable bonds is 6. The second-order valence-electron chi connectivity index (χ2n) is 6.88. The highest BCUT2D eigenvalue weighted by atomic mass is 19.4. The molecule has 1 aromatic carbocycles. The summed E-state index contributed by atoms with van der Waals surface area (Å²) in [6.45, 7) is 5.93. The van der Waals surface area contributed by atoms with E-state index in [1.165, 1.54) is 12.1 Å². The van der Waals surface area contributed by atoms with E-state index in [0.29, 0.717) is 25.4 Å². The fourth-order valence-corrected chi connectivity index (χ4v) is 3.27. The SMILES string of the molecule is CCOC(=O)Nc1cnccc1CN1CN(c2ccc(OC(F)(F)F)cc2)CC1C. The number of hydrogen-bond donors (Lipinski definition) is 1. The molecule has 3 rings (SSSR count). The maximum Gasteiger partial charge on any atom is 0.573 e. The molecule has 2 heterocycles. The van der Waals surface area contributed by atoms with Gasteiger partial charge in [0.2, 0.25) is 0 Å². The van der Waals surface area contributed by atoms with Crippen molar-refractivity contribution in [3.8, 4) is 5.75 Å². The third kappa shape index (κ3) is 5.76. The van der Waals surface area contributed by atoms with E-state index in [4.69, 9.17) is 4.74 Å². The summed E-state index contributed by atoms with van der Waals surface area (Å²) >= 11 is 0. The monoisotopic (exact) mass is 424 g/mol. The maximum absolute atomic E-state index is 12.3. The zero-order valence-corrected chi connectivity index (χ0v) is 16.6. The highest BCUT2D eigenvalue weighted by Gasteiger charge is 2.31. The minimum Gasteiger partial charge on any atom is -0.450 e. The summed E-state index contributed by atoms with van der Waals surface area (Å²) in [4.78, 5) is 20.1. The van der Waals surface area contributed by atoms with Crippen LogP contribution in [0.15, 0.2) is 42.7 Å². The number of alkyl halides is 3. The van der Waals surface area contributed by atoms with Gasteiger partial charge in [-0.1, -0.05) is 0 Å². The summed E-state index contributed by atoms with van der Waals surface area (Å²) in [5.74, 6) is -0.248. The highest BCUT2D eigenvalue weighted by molar-refractivity contribution is 5.85. The standard InChI is InChI=1S/C20H23F3N4O3/c1-3-29-19(28)25-18-10-24-9-8-15(18)12-26-13-27(11-14(26)2)16-4-6-17(7-5-16)30-20(21,22)23/h4-10,14H,3,11-13H2,1-2H3,(H,25,28). The second-order valence-corrected chi connectivity index (χ2v) is 6.88. The van der Waals surface area contributed by atoms with Crippen LogP contribution in [0.1, 0.15) is 19.4 Å². The van der Waals surface area contributed by atoms with Gasteiger partial charge in [-0.05, 0) is 49.7 Å². The van der Waals surface area contributed by atoms with Crippen molar-refractivity contribution in [3.63, 3.8) is 0 Å². The fraction of sp³-hybridized carbons (Fsp3) is 0.400. The molecule has 0 bridgehead atoms. The van der Waals surface area contributed by atoms with Gasteiger partial charge in [0.1, 0.15) is 5.75 Å². The Labute approximate surface area is 172 Å². The lowest BCUT2D eigenvalue weighted by molar-refractivity contribution is -0.274. The number of pyridine rings is 1. The molecule has 1 aliphatic heterocycles. The Balaban J connectivity index is 1.65. The van der Waals surface area contributed by atoms with Crippen LogP contribution in [0.5, 0.6) is 5.75 Å². The largest absolute Gasteiger partial charge is 0.573 e. The Hall–Kier alpha value is -3.01. The first-order chi connectivity index (χ1) is 14.2. The Kier molecular flexibility index (Phi) is 6.66. The number of carbonyl (C=O) groups excluding carboxylic acids is 1. The molecule has 1 aromatic heterocycles. The van der Waals surface area contributed by atoms with Gasteiger partial charge in [-0.25, -0.2) is 4.79 Å². The summed E-state index contributed by atoms with van der Waals surface area (Å²) in [5.41, 5.74) is 2.27. The molecule has 162 valence electrons. The molecule has 1 saturated heterocycles. The van der Waals surface area contributed by atoms with E-state index in [0.717, 1.165) is 11.3 Å². The molecule has 0 radical (unpaired) electrons. The number of nitrogens with zero attached hydrogens (tertiary/aromatic N) is 3. The van der Waals surface area contributed by atoms with E-state index in [9.17, 15) is 18.0 Å². The Morgan fingerprint density at radius 1 is 1.27 bits per heavy atom. The normalized spacial score (nSPS) is 17.1. The molecule has 0 aliphatic carbocycles. The van der Waals surface area contributed by atoms with Gasteiger partial charge >= 0.3 is 12.5 Å². The van der Waals surface area contributed by atoms with Crippen LogP contribution in [0.4, 0.5) is 29.3 Å². The van der Waals surface area contributed by atoms with Crippen LogP contribution < -0.4 is 15.0 Å². The molecule has 2 aromatic rings. The summed E-state index contributed by atoms with van der Waals surface area (Å²) in [5, 5.41) is 2.70. The number of carbonyl (C=O) groups is 1. The lowest BCUT2D eigenvalue weighted by Gasteiger charge is -2.22. The molecule has 0 spiro atoms. The topological polar surface area (TPSA) is 66.9 Å². The first kappa shape index (κ1) is 21.7. The lowest BCUT2D eigenvalue weighted by atomic mass is 10.2. The number of halogens is 3. The van der Waals surface area contributed by atoms with E-state index in [2.05, 4.69) is 31.8 Å². The van der Waals surface area contributed by atoms with E-state index < -0.39 is 12.5 Å². The van der Waals surface area contributed by atoms with E-state index >= 15 is 0 Å². The quantitative estimate of drug-likeness (QED) is 0.749. The van der Waals surface area contributed by atoms with Crippen LogP contribution in [-0.2, 0) is 11.3 Å². The molecular weight excluding hydrogens is 401 g/mol. The second kappa shape index (κ2) is 9.21. The number of amides is 1. The zero-order valence-electron chi connectivity index (χ0n) is 16.6. The molecule has 1 amide bonds. The van der Waals surface area contributed by atoms with Crippen molar-refractivity contribution in [2.45, 2.75) is 32.8 Å². The van der Waals surface area contributed by atoms with Crippen molar-refractivity contribution < 1.29 is 27.4 Å². The molecule has 10 heteroatoms. The summed E-state index contributed by atoms with van der Waals surface area (Å²) < 4.78 is 45.8. The van der Waals surface area contributed by atoms with Gasteiger partial charge in [0.05, 0.1) is 25.2 Å². The maximum atomic E-state index is 12.3. The van der Waals surface area contributed by atoms with E-state index in [-0.39, 0.29) is 18.4 Å². The fourth-order valence-electron chi connectivity index (χ4n) is 3.27. The third-order valence-electron chi connectivity index (χ3n) is 4.69. The average Bonchev–Trinajstić information content (AvgIpc) is 3.03. The Bertz CT molecular complexity index is 861. The van der Waals surface area contributed by atoms with Crippen LogP contribution in [0.2, 0.25) is 0 Å². The van der Waals surface area contributed by atoms with Gasteiger partial charge in [0.15, 0.2) is 0 Å². The Morgan fingerprint density at radius 2 is 2.00 bits per heavy atom. The molecule has 1 fully saturated rings. The predicted octanol–water partition coefficient (Wildman–Crippen LogP) is 4.22.